The summed E-state index contributed by atoms with van der Waals surface area (Å²) in [7, 11) is 4.99. The van der Waals surface area contributed by atoms with Crippen LogP contribution in [-0.2, 0) is 22.6 Å². The monoisotopic (exact) mass is 596 g/mol. The molecule has 0 amide bonds. The van der Waals surface area contributed by atoms with Crippen molar-refractivity contribution < 1.29 is 32.8 Å². The van der Waals surface area contributed by atoms with E-state index >= 15 is 4.39 Å². The number of hydrogen-bond donors (Lipinski definition) is 0. The number of carbonyl (C=O) groups excluding carboxylic acids is 3. The number of benzene rings is 3. The van der Waals surface area contributed by atoms with Gasteiger partial charge in [-0.1, -0.05) is 54.1 Å². The molecule has 5 atom stereocenters. The Morgan fingerprint density at radius 3 is 2.50 bits per heavy atom. The zero-order valence-corrected chi connectivity index (χ0v) is 25.3. The third-order valence-electron chi connectivity index (χ3n) is 9.95. The van der Waals surface area contributed by atoms with Gasteiger partial charge in [-0.05, 0) is 73.9 Å². The van der Waals surface area contributed by atoms with Gasteiger partial charge >= 0.3 is 0 Å². The molecule has 4 aromatic rings. The molecule has 5 unspecified atom stereocenters. The predicted octanol–water partition coefficient (Wildman–Crippen LogP) is 5.61. The third-order valence-corrected chi connectivity index (χ3v) is 9.95. The lowest BCUT2D eigenvalue weighted by Gasteiger charge is -2.52. The second kappa shape index (κ2) is 10.2. The number of carbonyl (C=O) groups is 3. The minimum Gasteiger partial charge on any atom is -0.470 e. The highest BCUT2D eigenvalue weighted by molar-refractivity contribution is 6.27. The number of ether oxygens (including phenoxy) is 2. The van der Waals surface area contributed by atoms with E-state index in [0.29, 0.717) is 21.9 Å². The van der Waals surface area contributed by atoms with E-state index in [-0.39, 0.29) is 42.2 Å². The van der Waals surface area contributed by atoms with Gasteiger partial charge in [0.2, 0.25) is 5.78 Å². The predicted molar refractivity (Wildman–Crippen MR) is 159 cm³/mol. The van der Waals surface area contributed by atoms with Crippen molar-refractivity contribution in [3.8, 4) is 5.88 Å². The Labute approximate surface area is 254 Å². The first-order chi connectivity index (χ1) is 21.1. The molecule has 0 N–H and O–H groups in total. The second-order valence-corrected chi connectivity index (χ2v) is 12.5. The molecule has 9 heteroatoms. The quantitative estimate of drug-likeness (QED) is 0.275. The molecule has 1 heterocycles. The maximum Gasteiger partial charge on any atom is 0.265 e. The number of Topliss-reactive ketones (excluding diaryl/α,β-unsaturated/α-hetero) is 3. The van der Waals surface area contributed by atoms with E-state index in [4.69, 9.17) is 14.0 Å². The number of fused-ring (bicyclic) bond motifs is 5. The highest BCUT2D eigenvalue weighted by Gasteiger charge is 2.68. The molecule has 0 bridgehead atoms. The van der Waals surface area contributed by atoms with Crippen LogP contribution in [0.25, 0.3) is 10.8 Å². The van der Waals surface area contributed by atoms with Gasteiger partial charge in [-0.2, -0.15) is 0 Å². The molecule has 1 aromatic heterocycles. The van der Waals surface area contributed by atoms with Crippen molar-refractivity contribution in [3.63, 3.8) is 0 Å². The Balaban J connectivity index is 1.35. The molecule has 7 rings (SSSR count). The first kappa shape index (κ1) is 28.6. The van der Waals surface area contributed by atoms with Crippen LogP contribution in [0, 0.1) is 37.4 Å². The average molecular weight is 597 g/mol. The molecule has 1 fully saturated rings. The van der Waals surface area contributed by atoms with Gasteiger partial charge in [0.15, 0.2) is 22.9 Å². The summed E-state index contributed by atoms with van der Waals surface area (Å²) in [5.74, 6) is -4.20. The fourth-order valence-corrected chi connectivity index (χ4v) is 7.99. The zero-order chi connectivity index (χ0) is 31.1. The second-order valence-electron chi connectivity index (χ2n) is 12.5. The van der Waals surface area contributed by atoms with Crippen molar-refractivity contribution in [2.45, 2.75) is 44.9 Å². The molecule has 1 saturated carbocycles. The van der Waals surface area contributed by atoms with Gasteiger partial charge < -0.3 is 14.0 Å². The topological polar surface area (TPSA) is 98.9 Å². The van der Waals surface area contributed by atoms with Crippen molar-refractivity contribution in [2.24, 2.45) is 17.8 Å². The summed E-state index contributed by atoms with van der Waals surface area (Å²) in [5, 5.41) is 5.22. The van der Waals surface area contributed by atoms with Gasteiger partial charge in [0.25, 0.3) is 5.88 Å². The molecule has 3 aliphatic carbocycles. The number of rotatable bonds is 5. The van der Waals surface area contributed by atoms with Crippen LogP contribution < -0.4 is 4.74 Å². The molecule has 0 radical (unpaired) electrons. The summed E-state index contributed by atoms with van der Waals surface area (Å²) < 4.78 is 33.8. The van der Waals surface area contributed by atoms with E-state index in [0.717, 1.165) is 11.1 Å². The Kier molecular flexibility index (Phi) is 6.60. The Morgan fingerprint density at radius 2 is 1.80 bits per heavy atom. The molecule has 44 heavy (non-hydrogen) atoms. The number of ketones is 3. The van der Waals surface area contributed by atoms with E-state index in [2.05, 4.69) is 5.16 Å². The van der Waals surface area contributed by atoms with Crippen molar-refractivity contribution in [2.75, 3.05) is 21.2 Å². The van der Waals surface area contributed by atoms with E-state index < -0.39 is 52.6 Å². The van der Waals surface area contributed by atoms with E-state index in [1.807, 2.05) is 68.4 Å². The van der Waals surface area contributed by atoms with Crippen LogP contribution >= 0.6 is 0 Å². The molecule has 8 nitrogen and oxygen atoms in total. The largest absolute Gasteiger partial charge is 0.470 e. The maximum atomic E-state index is 16.1. The Morgan fingerprint density at radius 1 is 1.05 bits per heavy atom. The standard InChI is InChI=1S/C35H33FN2O6/c1-17-11-12-21-22(13-17)18(2)25-23(28(21)36)14-20-15-24-29(38(3)4)31-27(33(41)35(24,42-5)32(40)26(20)30(25)39)34(37-44-31)43-16-19-9-7-6-8-10-19/h6-13,20,24,26,29H,14-16H2,1-5H3. The minimum atomic E-state index is -1.97. The Bertz CT molecular complexity index is 1860. The van der Waals surface area contributed by atoms with Crippen LogP contribution in [0.1, 0.15) is 61.2 Å². The number of aromatic nitrogens is 1. The van der Waals surface area contributed by atoms with Crippen LogP contribution in [0.3, 0.4) is 0 Å². The molecule has 226 valence electrons. The summed E-state index contributed by atoms with van der Waals surface area (Å²) in [6, 6.07) is 14.3. The van der Waals surface area contributed by atoms with Crippen LogP contribution in [0.2, 0.25) is 0 Å². The molecule has 3 aromatic carbocycles. The molecule has 3 aliphatic rings. The van der Waals surface area contributed by atoms with Gasteiger partial charge in [0, 0.05) is 24.0 Å². The van der Waals surface area contributed by atoms with Gasteiger partial charge in [-0.15, -0.1) is 0 Å². The lowest BCUT2D eigenvalue weighted by Crippen LogP contribution is -2.67. The number of nitrogens with zero attached hydrogens (tertiary/aromatic N) is 2. The van der Waals surface area contributed by atoms with Crippen molar-refractivity contribution >= 4 is 28.1 Å². The third kappa shape index (κ3) is 3.81. The average Bonchev–Trinajstić information content (AvgIpc) is 3.42. The minimum absolute atomic E-state index is 0.0226. The van der Waals surface area contributed by atoms with Crippen LogP contribution in [-0.4, -0.2) is 54.2 Å². The summed E-state index contributed by atoms with van der Waals surface area (Å²) in [4.78, 5) is 45.4. The number of aryl methyl sites for hydroxylation is 2. The highest BCUT2D eigenvalue weighted by Crippen LogP contribution is 2.56. The first-order valence-electron chi connectivity index (χ1n) is 14.8. The smallest absolute Gasteiger partial charge is 0.265 e. The van der Waals surface area contributed by atoms with Gasteiger partial charge in [-0.25, -0.2) is 4.39 Å². The molecule has 0 spiro atoms. The van der Waals surface area contributed by atoms with E-state index in [1.54, 1.807) is 13.0 Å². The van der Waals surface area contributed by atoms with Crippen molar-refractivity contribution in [1.82, 2.24) is 10.1 Å². The van der Waals surface area contributed by atoms with E-state index in [1.165, 1.54) is 7.11 Å². The summed E-state index contributed by atoms with van der Waals surface area (Å²) >= 11 is 0. The number of halogens is 1. The molecular weight excluding hydrogens is 563 g/mol. The van der Waals surface area contributed by atoms with Crippen molar-refractivity contribution in [1.29, 1.82) is 0 Å². The molecule has 0 aliphatic heterocycles. The maximum absolute atomic E-state index is 16.1. The molecular formula is C35H33FN2O6. The molecule has 0 saturated heterocycles. The van der Waals surface area contributed by atoms with Crippen molar-refractivity contribution in [3.05, 3.63) is 93.5 Å². The summed E-state index contributed by atoms with van der Waals surface area (Å²) in [6.07, 6.45) is 0.474. The van der Waals surface area contributed by atoms with E-state index in [9.17, 15) is 14.4 Å². The Hall–Kier alpha value is -4.21. The fraction of sp³-hybridized carbons (Fsp3) is 0.371. The normalized spacial score (nSPS) is 25.9. The van der Waals surface area contributed by atoms with Crippen LogP contribution in [0.4, 0.5) is 4.39 Å². The zero-order valence-electron chi connectivity index (χ0n) is 25.3. The lowest BCUT2D eigenvalue weighted by atomic mass is 9.53. The number of methoxy groups -OCH3 is 1. The summed E-state index contributed by atoms with van der Waals surface area (Å²) in [6.45, 7) is 3.84. The SMILES string of the molecule is COC12C(=O)c3c(OCc4ccccc4)noc3C(N(C)C)C1CC1Cc3c(c(C)c4cc(C)ccc4c3F)C(=O)C1C2=O. The first-order valence-corrected chi connectivity index (χ1v) is 14.8. The highest BCUT2D eigenvalue weighted by atomic mass is 19.1. The van der Waals surface area contributed by atoms with Gasteiger partial charge in [-0.3, -0.25) is 19.3 Å². The van der Waals surface area contributed by atoms with Crippen LogP contribution in [0.5, 0.6) is 5.88 Å². The summed E-state index contributed by atoms with van der Waals surface area (Å²) in [5.41, 5.74) is 1.11. The van der Waals surface area contributed by atoms with Gasteiger partial charge in [0.05, 0.1) is 12.0 Å². The van der Waals surface area contributed by atoms with Crippen LogP contribution in [0.15, 0.2) is 53.1 Å². The fourth-order valence-electron chi connectivity index (χ4n) is 7.99. The number of hydrogen-bond acceptors (Lipinski definition) is 8. The van der Waals surface area contributed by atoms with Gasteiger partial charge in [0.1, 0.15) is 18.0 Å². The lowest BCUT2D eigenvalue weighted by molar-refractivity contribution is -0.159.